The predicted molar refractivity (Wildman–Crippen MR) is 249 cm³/mol. The number of hydrogen-bond donors (Lipinski definition) is 0. The van der Waals surface area contributed by atoms with E-state index >= 15 is 0 Å². The number of fused-ring (bicyclic) bond motifs is 12. The van der Waals surface area contributed by atoms with Crippen molar-refractivity contribution in [1.82, 2.24) is 19.1 Å². The van der Waals surface area contributed by atoms with Gasteiger partial charge in [0.15, 0.2) is 5.82 Å². The lowest BCUT2D eigenvalue weighted by Crippen LogP contribution is -1.99. The highest BCUT2D eigenvalue weighted by Crippen LogP contribution is 2.44. The van der Waals surface area contributed by atoms with Crippen molar-refractivity contribution < 1.29 is 0 Å². The minimum absolute atomic E-state index is 0.715. The van der Waals surface area contributed by atoms with Crippen LogP contribution >= 0.6 is 11.3 Å². The Hall–Kier alpha value is -7.60. The fourth-order valence-electron chi connectivity index (χ4n) is 9.51. The number of hydrogen-bond acceptors (Lipinski definition) is 3. The summed E-state index contributed by atoms with van der Waals surface area (Å²) in [5.74, 6) is 0.715. The van der Waals surface area contributed by atoms with Crippen molar-refractivity contribution >= 4 is 96.8 Å². The Bertz CT molecular complexity index is 3850. The second-order valence-corrected chi connectivity index (χ2v) is 16.4. The molecule has 4 heterocycles. The number of aromatic nitrogens is 4. The molecule has 0 aliphatic carbocycles. The first-order chi connectivity index (χ1) is 29.3. The molecule has 0 atom stereocenters. The van der Waals surface area contributed by atoms with E-state index in [2.05, 4.69) is 203 Å². The first kappa shape index (κ1) is 32.5. The average Bonchev–Trinajstić information content (AvgIpc) is 3.96. The minimum atomic E-state index is 0.715. The van der Waals surface area contributed by atoms with Crippen molar-refractivity contribution in [2.24, 2.45) is 0 Å². The van der Waals surface area contributed by atoms with E-state index in [1.165, 1.54) is 69.0 Å². The van der Waals surface area contributed by atoms with Gasteiger partial charge in [0.25, 0.3) is 0 Å². The molecule has 4 aromatic heterocycles. The lowest BCUT2D eigenvalue weighted by molar-refractivity contribution is 1.18. The first-order valence-electron chi connectivity index (χ1n) is 20.0. The van der Waals surface area contributed by atoms with Crippen LogP contribution in [0.2, 0.25) is 0 Å². The molecule has 9 aromatic carbocycles. The SMILES string of the molecule is c1ccc(-n2c3ccccc3c3ccc(-c4nc(-c5cc(-n6c7ccccc7c7c8ccccc8ccc76)cc6c5sc5ccccc56)nc5ccccc45)cc32)cc1. The van der Waals surface area contributed by atoms with E-state index in [1.807, 2.05) is 11.3 Å². The van der Waals surface area contributed by atoms with E-state index in [0.717, 1.165) is 44.6 Å². The number of para-hydroxylation sites is 4. The average molecular weight is 769 g/mol. The van der Waals surface area contributed by atoms with Crippen LogP contribution in [-0.4, -0.2) is 19.1 Å². The highest BCUT2D eigenvalue weighted by Gasteiger charge is 2.22. The van der Waals surface area contributed by atoms with Crippen LogP contribution in [0.15, 0.2) is 194 Å². The molecule has 0 saturated heterocycles. The summed E-state index contributed by atoms with van der Waals surface area (Å²) in [6.45, 7) is 0. The topological polar surface area (TPSA) is 35.6 Å². The molecule has 13 aromatic rings. The van der Waals surface area contributed by atoms with Crippen molar-refractivity contribution in [3.8, 4) is 34.0 Å². The summed E-state index contributed by atoms with van der Waals surface area (Å²) >= 11 is 1.82. The van der Waals surface area contributed by atoms with Crippen LogP contribution in [0, 0.1) is 0 Å². The monoisotopic (exact) mass is 768 g/mol. The number of benzene rings is 9. The fourth-order valence-corrected chi connectivity index (χ4v) is 10.7. The van der Waals surface area contributed by atoms with Gasteiger partial charge in [-0.2, -0.15) is 0 Å². The van der Waals surface area contributed by atoms with Gasteiger partial charge in [0, 0.05) is 69.6 Å². The van der Waals surface area contributed by atoms with Crippen LogP contribution < -0.4 is 0 Å². The van der Waals surface area contributed by atoms with Gasteiger partial charge in [-0.15, -0.1) is 11.3 Å². The molecule has 0 aliphatic rings. The van der Waals surface area contributed by atoms with Gasteiger partial charge in [0.05, 0.1) is 33.3 Å². The van der Waals surface area contributed by atoms with Crippen molar-refractivity contribution in [2.75, 3.05) is 0 Å². The summed E-state index contributed by atoms with van der Waals surface area (Å²) in [5, 5.41) is 10.9. The summed E-state index contributed by atoms with van der Waals surface area (Å²) in [7, 11) is 0. The van der Waals surface area contributed by atoms with Gasteiger partial charge in [-0.3, -0.25) is 0 Å². The largest absolute Gasteiger partial charge is 0.309 e. The third-order valence-corrected chi connectivity index (χ3v) is 13.3. The molecule has 5 heteroatoms. The second kappa shape index (κ2) is 12.4. The quantitative estimate of drug-likeness (QED) is 0.179. The zero-order chi connectivity index (χ0) is 38.6. The van der Waals surface area contributed by atoms with E-state index in [0.29, 0.717) is 5.82 Å². The van der Waals surface area contributed by atoms with E-state index in [9.17, 15) is 0 Å². The van der Waals surface area contributed by atoms with Gasteiger partial charge in [-0.1, -0.05) is 133 Å². The Labute approximate surface area is 342 Å². The molecule has 0 radical (unpaired) electrons. The summed E-state index contributed by atoms with van der Waals surface area (Å²) in [6.07, 6.45) is 0. The summed E-state index contributed by atoms with van der Waals surface area (Å²) in [6, 6.07) is 70.0. The third kappa shape index (κ3) is 4.77. The summed E-state index contributed by atoms with van der Waals surface area (Å²) < 4.78 is 7.24. The Morgan fingerprint density at radius 1 is 0.390 bits per heavy atom. The molecular formula is C54H32N4S. The van der Waals surface area contributed by atoms with Crippen molar-refractivity contribution in [1.29, 1.82) is 0 Å². The van der Waals surface area contributed by atoms with Gasteiger partial charge in [0.2, 0.25) is 0 Å². The maximum atomic E-state index is 5.59. The molecular weight excluding hydrogens is 737 g/mol. The summed E-state index contributed by atoms with van der Waals surface area (Å²) in [5.41, 5.74) is 10.8. The lowest BCUT2D eigenvalue weighted by Gasteiger charge is -2.14. The van der Waals surface area contributed by atoms with Crippen molar-refractivity contribution in [3.63, 3.8) is 0 Å². The van der Waals surface area contributed by atoms with Gasteiger partial charge in [-0.05, 0) is 71.4 Å². The fraction of sp³-hybridized carbons (Fsp3) is 0. The summed E-state index contributed by atoms with van der Waals surface area (Å²) in [4.78, 5) is 11.0. The van der Waals surface area contributed by atoms with E-state index in [4.69, 9.17) is 9.97 Å². The second-order valence-electron chi connectivity index (χ2n) is 15.3. The maximum absolute atomic E-state index is 5.59. The Balaban J connectivity index is 1.11. The van der Waals surface area contributed by atoms with E-state index in [1.54, 1.807) is 0 Å². The normalized spacial score (nSPS) is 12.1. The molecule has 0 spiro atoms. The molecule has 59 heavy (non-hydrogen) atoms. The van der Waals surface area contributed by atoms with E-state index < -0.39 is 0 Å². The Morgan fingerprint density at radius 3 is 1.92 bits per heavy atom. The zero-order valence-corrected chi connectivity index (χ0v) is 32.5. The molecule has 274 valence electrons. The first-order valence-corrected chi connectivity index (χ1v) is 20.8. The van der Waals surface area contributed by atoms with Crippen LogP contribution in [0.1, 0.15) is 0 Å². The van der Waals surface area contributed by atoms with Gasteiger partial charge >= 0.3 is 0 Å². The van der Waals surface area contributed by atoms with Crippen LogP contribution in [0.3, 0.4) is 0 Å². The number of nitrogens with zero attached hydrogens (tertiary/aromatic N) is 4. The molecule has 0 aliphatic heterocycles. The van der Waals surface area contributed by atoms with Crippen LogP contribution in [0.25, 0.3) is 119 Å². The molecule has 0 saturated carbocycles. The van der Waals surface area contributed by atoms with Gasteiger partial charge < -0.3 is 9.13 Å². The predicted octanol–water partition coefficient (Wildman–Crippen LogP) is 14.7. The molecule has 0 N–H and O–H groups in total. The number of thiophene rings is 1. The minimum Gasteiger partial charge on any atom is -0.309 e. The highest BCUT2D eigenvalue weighted by atomic mass is 32.1. The lowest BCUT2D eigenvalue weighted by atomic mass is 10.0. The van der Waals surface area contributed by atoms with Gasteiger partial charge in [-0.25, -0.2) is 9.97 Å². The Morgan fingerprint density at radius 2 is 1.05 bits per heavy atom. The molecule has 4 nitrogen and oxygen atoms in total. The maximum Gasteiger partial charge on any atom is 0.161 e. The van der Waals surface area contributed by atoms with Crippen LogP contribution in [-0.2, 0) is 0 Å². The van der Waals surface area contributed by atoms with Crippen LogP contribution in [0.5, 0.6) is 0 Å². The molecule has 0 bridgehead atoms. The van der Waals surface area contributed by atoms with Crippen LogP contribution in [0.4, 0.5) is 0 Å². The van der Waals surface area contributed by atoms with E-state index in [-0.39, 0.29) is 0 Å². The smallest absolute Gasteiger partial charge is 0.161 e. The zero-order valence-electron chi connectivity index (χ0n) is 31.7. The van der Waals surface area contributed by atoms with Crippen molar-refractivity contribution in [2.45, 2.75) is 0 Å². The number of rotatable bonds is 4. The molecule has 0 amide bonds. The van der Waals surface area contributed by atoms with Crippen molar-refractivity contribution in [3.05, 3.63) is 194 Å². The highest BCUT2D eigenvalue weighted by molar-refractivity contribution is 7.26. The van der Waals surface area contributed by atoms with Gasteiger partial charge in [0.1, 0.15) is 0 Å². The standard InChI is InChI=1S/C54H32N4S/c1-2-15-35(16-3-1)57-46-23-11-7-18-38(46)39-28-26-34(30-49(39)57)52-41-20-6-10-22-45(41)55-54(56-52)44-32-36(31-43-40-19-9-13-25-50(40)59-53(43)44)58-47-24-12-8-21-42(47)51-37-17-5-4-14-33(37)27-29-48(51)58/h1-32H. The Kier molecular flexibility index (Phi) is 6.85. The third-order valence-electron chi connectivity index (χ3n) is 12.1. The molecule has 0 unspecified atom stereocenters. The molecule has 0 fully saturated rings. The molecule has 13 rings (SSSR count).